The molecule has 0 saturated heterocycles. The van der Waals surface area contributed by atoms with Gasteiger partial charge < -0.3 is 16.4 Å². The molecule has 0 aliphatic rings. The van der Waals surface area contributed by atoms with Gasteiger partial charge in [0.25, 0.3) is 5.91 Å². The van der Waals surface area contributed by atoms with E-state index >= 15 is 0 Å². The Morgan fingerprint density at radius 1 is 1.26 bits per heavy atom. The molecule has 0 saturated carbocycles. The zero-order chi connectivity index (χ0) is 16.8. The van der Waals surface area contributed by atoms with Crippen molar-refractivity contribution in [2.45, 2.75) is 13.0 Å². The summed E-state index contributed by atoms with van der Waals surface area (Å²) >= 11 is 5.84. The SMILES string of the molecule is Cc1cc(Cl)nc(NCC(NC(=O)c2ccccc2)C(N)=O)n1. The average Bonchev–Trinajstić information content (AvgIpc) is 2.50. The van der Waals surface area contributed by atoms with Gasteiger partial charge >= 0.3 is 0 Å². The van der Waals surface area contributed by atoms with Crippen LogP contribution in [0.1, 0.15) is 16.1 Å². The second-order valence-corrected chi connectivity index (χ2v) is 5.22. The number of hydrogen-bond donors (Lipinski definition) is 3. The fraction of sp³-hybridized carbons (Fsp3) is 0.200. The van der Waals surface area contributed by atoms with Crippen LogP contribution in [-0.4, -0.2) is 34.4 Å². The van der Waals surface area contributed by atoms with E-state index in [2.05, 4.69) is 20.6 Å². The predicted octanol–water partition coefficient (Wildman–Crippen LogP) is 1.13. The van der Waals surface area contributed by atoms with Crippen molar-refractivity contribution in [2.24, 2.45) is 5.73 Å². The number of aryl methyl sites for hydroxylation is 1. The molecule has 0 spiro atoms. The first-order valence-electron chi connectivity index (χ1n) is 6.86. The number of primary amides is 1. The van der Waals surface area contributed by atoms with Crippen molar-refractivity contribution in [3.05, 3.63) is 52.8 Å². The Hall–Kier alpha value is -2.67. The predicted molar refractivity (Wildman–Crippen MR) is 87.2 cm³/mol. The third kappa shape index (κ3) is 4.93. The van der Waals surface area contributed by atoms with Gasteiger partial charge in [-0.3, -0.25) is 9.59 Å². The molecule has 0 aliphatic heterocycles. The first kappa shape index (κ1) is 16.7. The van der Waals surface area contributed by atoms with E-state index in [0.717, 1.165) is 0 Å². The van der Waals surface area contributed by atoms with Crippen LogP contribution in [-0.2, 0) is 4.79 Å². The Morgan fingerprint density at radius 2 is 1.96 bits per heavy atom. The zero-order valence-electron chi connectivity index (χ0n) is 12.4. The lowest BCUT2D eigenvalue weighted by Crippen LogP contribution is -2.48. The van der Waals surface area contributed by atoms with Crippen LogP contribution in [0.25, 0.3) is 0 Å². The third-order valence-corrected chi connectivity index (χ3v) is 3.17. The molecule has 2 rings (SSSR count). The molecule has 0 bridgehead atoms. The Morgan fingerprint density at radius 3 is 2.57 bits per heavy atom. The molecule has 23 heavy (non-hydrogen) atoms. The molecule has 0 radical (unpaired) electrons. The summed E-state index contributed by atoms with van der Waals surface area (Å²) in [6.45, 7) is 1.81. The van der Waals surface area contributed by atoms with Crippen molar-refractivity contribution >= 4 is 29.4 Å². The van der Waals surface area contributed by atoms with Gasteiger partial charge in [-0.05, 0) is 25.1 Å². The second kappa shape index (κ2) is 7.55. The fourth-order valence-corrected chi connectivity index (χ4v) is 2.09. The van der Waals surface area contributed by atoms with Crippen molar-refractivity contribution in [3.8, 4) is 0 Å². The summed E-state index contributed by atoms with van der Waals surface area (Å²) in [5.41, 5.74) is 6.44. The van der Waals surface area contributed by atoms with Gasteiger partial charge in [0.05, 0.1) is 0 Å². The molecule has 1 atom stereocenters. The van der Waals surface area contributed by atoms with Gasteiger partial charge in [0.15, 0.2) is 0 Å². The summed E-state index contributed by atoms with van der Waals surface area (Å²) < 4.78 is 0. The van der Waals surface area contributed by atoms with Crippen LogP contribution in [0, 0.1) is 6.92 Å². The number of aromatic nitrogens is 2. The summed E-state index contributed by atoms with van der Waals surface area (Å²) in [5, 5.41) is 5.69. The Labute approximate surface area is 138 Å². The summed E-state index contributed by atoms with van der Waals surface area (Å²) in [6, 6.07) is 9.24. The summed E-state index contributed by atoms with van der Waals surface area (Å²) in [5.74, 6) is -0.796. The number of carbonyl (C=O) groups is 2. The van der Waals surface area contributed by atoms with E-state index in [1.54, 1.807) is 43.3 Å². The van der Waals surface area contributed by atoms with Gasteiger partial charge in [0.2, 0.25) is 11.9 Å². The molecule has 0 aliphatic carbocycles. The molecule has 2 amide bonds. The van der Waals surface area contributed by atoms with Gasteiger partial charge in [0, 0.05) is 17.8 Å². The van der Waals surface area contributed by atoms with Crippen molar-refractivity contribution in [1.82, 2.24) is 15.3 Å². The Kier molecular flexibility index (Phi) is 5.48. The Balaban J connectivity index is 2.01. The smallest absolute Gasteiger partial charge is 0.251 e. The molecule has 120 valence electrons. The van der Waals surface area contributed by atoms with Gasteiger partial charge in [-0.25, -0.2) is 9.97 Å². The molecule has 0 fully saturated rings. The molecule has 7 nitrogen and oxygen atoms in total. The van der Waals surface area contributed by atoms with Gasteiger partial charge in [-0.15, -0.1) is 0 Å². The van der Waals surface area contributed by atoms with Crippen LogP contribution in [0.15, 0.2) is 36.4 Å². The molecule has 8 heteroatoms. The minimum Gasteiger partial charge on any atom is -0.368 e. The van der Waals surface area contributed by atoms with Gasteiger partial charge in [0.1, 0.15) is 11.2 Å². The number of rotatable bonds is 6. The first-order chi connectivity index (χ1) is 11.0. The highest BCUT2D eigenvalue weighted by atomic mass is 35.5. The molecule has 1 aromatic heterocycles. The number of anilines is 1. The number of amides is 2. The van der Waals surface area contributed by atoms with E-state index in [1.807, 2.05) is 0 Å². The highest BCUT2D eigenvalue weighted by Gasteiger charge is 2.19. The number of halogens is 1. The number of benzene rings is 1. The number of hydrogen-bond acceptors (Lipinski definition) is 5. The molecule has 2 aromatic rings. The zero-order valence-corrected chi connectivity index (χ0v) is 13.2. The fourth-order valence-electron chi connectivity index (χ4n) is 1.86. The van der Waals surface area contributed by atoms with Gasteiger partial charge in [-0.2, -0.15) is 0 Å². The van der Waals surface area contributed by atoms with E-state index < -0.39 is 11.9 Å². The lowest BCUT2D eigenvalue weighted by atomic mass is 10.2. The number of carbonyl (C=O) groups excluding carboxylic acids is 2. The van der Waals surface area contributed by atoms with Crippen LogP contribution in [0.5, 0.6) is 0 Å². The quantitative estimate of drug-likeness (QED) is 0.686. The second-order valence-electron chi connectivity index (χ2n) is 4.83. The summed E-state index contributed by atoms with van der Waals surface area (Å²) in [4.78, 5) is 31.7. The lowest BCUT2D eigenvalue weighted by Gasteiger charge is -2.16. The van der Waals surface area contributed by atoms with E-state index in [9.17, 15) is 9.59 Å². The van der Waals surface area contributed by atoms with Crippen molar-refractivity contribution in [2.75, 3.05) is 11.9 Å². The molecular formula is C15H16ClN5O2. The number of nitrogens with one attached hydrogen (secondary N) is 2. The van der Waals surface area contributed by atoms with Crippen LogP contribution >= 0.6 is 11.6 Å². The van der Waals surface area contributed by atoms with E-state index in [0.29, 0.717) is 11.3 Å². The third-order valence-electron chi connectivity index (χ3n) is 2.97. The van der Waals surface area contributed by atoms with Crippen LogP contribution in [0.4, 0.5) is 5.95 Å². The lowest BCUT2D eigenvalue weighted by molar-refractivity contribution is -0.119. The largest absolute Gasteiger partial charge is 0.368 e. The van der Waals surface area contributed by atoms with E-state index in [-0.39, 0.29) is 23.6 Å². The number of nitrogens with two attached hydrogens (primary N) is 1. The first-order valence-corrected chi connectivity index (χ1v) is 7.24. The molecule has 1 aromatic carbocycles. The minimum atomic E-state index is -0.911. The summed E-state index contributed by atoms with van der Waals surface area (Å²) in [6.07, 6.45) is 0. The monoisotopic (exact) mass is 333 g/mol. The van der Waals surface area contributed by atoms with Gasteiger partial charge in [-0.1, -0.05) is 29.8 Å². The summed E-state index contributed by atoms with van der Waals surface area (Å²) in [7, 11) is 0. The van der Waals surface area contributed by atoms with E-state index in [4.69, 9.17) is 17.3 Å². The van der Waals surface area contributed by atoms with Crippen LogP contribution < -0.4 is 16.4 Å². The van der Waals surface area contributed by atoms with Crippen molar-refractivity contribution < 1.29 is 9.59 Å². The standard InChI is InChI=1S/C15H16ClN5O2/c1-9-7-12(16)21-15(19-9)18-8-11(13(17)22)20-14(23)10-5-3-2-4-6-10/h2-7,11H,8H2,1H3,(H2,17,22)(H,20,23)(H,18,19,21). The maximum absolute atomic E-state index is 12.1. The van der Waals surface area contributed by atoms with Crippen LogP contribution in [0.2, 0.25) is 5.15 Å². The molecule has 1 heterocycles. The highest BCUT2D eigenvalue weighted by molar-refractivity contribution is 6.29. The average molecular weight is 334 g/mol. The molecule has 1 unspecified atom stereocenters. The van der Waals surface area contributed by atoms with E-state index in [1.165, 1.54) is 0 Å². The maximum atomic E-state index is 12.1. The maximum Gasteiger partial charge on any atom is 0.251 e. The van der Waals surface area contributed by atoms with Crippen molar-refractivity contribution in [3.63, 3.8) is 0 Å². The molecular weight excluding hydrogens is 318 g/mol. The van der Waals surface area contributed by atoms with Crippen LogP contribution in [0.3, 0.4) is 0 Å². The highest BCUT2D eigenvalue weighted by Crippen LogP contribution is 2.09. The molecule has 4 N–H and O–H groups in total. The minimum absolute atomic E-state index is 0.0493. The van der Waals surface area contributed by atoms with Crippen molar-refractivity contribution in [1.29, 1.82) is 0 Å². The number of nitrogens with zero attached hydrogens (tertiary/aromatic N) is 2. The Bertz CT molecular complexity index is 688. The topological polar surface area (TPSA) is 110 Å². The normalized spacial score (nSPS) is 11.6.